The first-order valence-electron chi connectivity index (χ1n) is 7.05. The zero-order chi connectivity index (χ0) is 15.5. The van der Waals surface area contributed by atoms with Crippen molar-refractivity contribution in [1.82, 2.24) is 0 Å². The molecule has 1 aliphatic rings. The van der Waals surface area contributed by atoms with Crippen LogP contribution in [0, 0.1) is 12.3 Å². The number of nitrogens with one attached hydrogen (secondary N) is 1. The van der Waals surface area contributed by atoms with E-state index in [1.54, 1.807) is 12.1 Å². The van der Waals surface area contributed by atoms with Crippen LogP contribution in [0.2, 0.25) is 5.02 Å². The van der Waals surface area contributed by atoms with Gasteiger partial charge in [-0.25, -0.2) is 0 Å². The average molecular weight is 310 g/mol. The molecule has 1 aliphatic carbocycles. The second-order valence-electron chi connectivity index (χ2n) is 5.55. The third-order valence-electron chi connectivity index (χ3n) is 4.17. The van der Waals surface area contributed by atoms with Gasteiger partial charge in [0.2, 0.25) is 5.91 Å². The Kier molecular flexibility index (Phi) is 4.73. The number of hydrogen-bond donors (Lipinski definition) is 3. The van der Waals surface area contributed by atoms with Crippen molar-refractivity contribution in [2.45, 2.75) is 39.0 Å². The van der Waals surface area contributed by atoms with Crippen LogP contribution in [0.3, 0.4) is 0 Å². The van der Waals surface area contributed by atoms with Gasteiger partial charge < -0.3 is 16.3 Å². The third kappa shape index (κ3) is 3.13. The van der Waals surface area contributed by atoms with Crippen LogP contribution in [0.15, 0.2) is 23.4 Å². The fraction of sp³-hybridized carbons (Fsp3) is 0.467. The van der Waals surface area contributed by atoms with E-state index in [2.05, 4.69) is 10.5 Å². The van der Waals surface area contributed by atoms with Crippen molar-refractivity contribution in [3.05, 3.63) is 28.8 Å². The van der Waals surface area contributed by atoms with E-state index in [1.165, 1.54) is 0 Å². The van der Waals surface area contributed by atoms with Crippen LogP contribution in [0.5, 0.6) is 0 Å². The van der Waals surface area contributed by atoms with Crippen LogP contribution in [0.1, 0.15) is 37.7 Å². The predicted octanol–water partition coefficient (Wildman–Crippen LogP) is 3.28. The molecule has 6 heteroatoms. The largest absolute Gasteiger partial charge is 0.409 e. The number of benzene rings is 1. The van der Waals surface area contributed by atoms with Gasteiger partial charge in [0.15, 0.2) is 5.84 Å². The van der Waals surface area contributed by atoms with Crippen LogP contribution in [0.25, 0.3) is 0 Å². The molecule has 5 nitrogen and oxygen atoms in total. The molecular formula is C15H20ClN3O2. The van der Waals surface area contributed by atoms with Gasteiger partial charge in [-0.2, -0.15) is 0 Å². The summed E-state index contributed by atoms with van der Waals surface area (Å²) >= 11 is 6.07. The Balaban J connectivity index is 2.24. The van der Waals surface area contributed by atoms with Gasteiger partial charge in [0.05, 0.1) is 0 Å². The van der Waals surface area contributed by atoms with Gasteiger partial charge >= 0.3 is 0 Å². The first-order valence-corrected chi connectivity index (χ1v) is 7.43. The molecular weight excluding hydrogens is 290 g/mol. The number of amides is 1. The van der Waals surface area contributed by atoms with E-state index in [9.17, 15) is 4.79 Å². The molecule has 0 saturated heterocycles. The Morgan fingerprint density at radius 3 is 2.62 bits per heavy atom. The van der Waals surface area contributed by atoms with Gasteiger partial charge in [0.25, 0.3) is 0 Å². The van der Waals surface area contributed by atoms with Gasteiger partial charge in [-0.15, -0.1) is 0 Å². The minimum absolute atomic E-state index is 0.0158. The molecule has 0 spiro atoms. The number of halogens is 1. The smallest absolute Gasteiger partial charge is 0.238 e. The molecule has 0 atom stereocenters. The third-order valence-corrected chi connectivity index (χ3v) is 4.58. The molecule has 0 radical (unpaired) electrons. The van der Waals surface area contributed by atoms with Crippen molar-refractivity contribution >= 4 is 29.0 Å². The van der Waals surface area contributed by atoms with Gasteiger partial charge in [-0.05, 0) is 37.5 Å². The highest BCUT2D eigenvalue weighted by Crippen LogP contribution is 2.38. The van der Waals surface area contributed by atoms with Crippen molar-refractivity contribution < 1.29 is 10.0 Å². The number of amidine groups is 1. The lowest BCUT2D eigenvalue weighted by atomic mass is 9.72. The number of oxime groups is 1. The van der Waals surface area contributed by atoms with Gasteiger partial charge in [-0.3, -0.25) is 4.79 Å². The molecule has 0 heterocycles. The fourth-order valence-corrected chi connectivity index (χ4v) is 2.95. The highest BCUT2D eigenvalue weighted by Gasteiger charge is 2.43. The summed E-state index contributed by atoms with van der Waals surface area (Å²) in [5, 5.41) is 15.5. The maximum Gasteiger partial charge on any atom is 0.238 e. The Morgan fingerprint density at radius 2 is 2.05 bits per heavy atom. The number of hydrogen-bond acceptors (Lipinski definition) is 3. The van der Waals surface area contributed by atoms with E-state index in [0.717, 1.165) is 24.8 Å². The fourth-order valence-electron chi connectivity index (χ4n) is 2.77. The summed E-state index contributed by atoms with van der Waals surface area (Å²) < 4.78 is 0. The maximum absolute atomic E-state index is 12.7. The molecule has 4 N–H and O–H groups in total. The normalized spacial score (nSPS) is 18.3. The molecule has 0 aromatic heterocycles. The number of nitrogens with two attached hydrogens (primary N) is 1. The molecule has 1 aromatic carbocycles. The number of carbonyl (C=O) groups is 1. The Hall–Kier alpha value is -1.75. The number of anilines is 1. The predicted molar refractivity (Wildman–Crippen MR) is 83.7 cm³/mol. The molecule has 21 heavy (non-hydrogen) atoms. The maximum atomic E-state index is 12.7. The highest BCUT2D eigenvalue weighted by molar-refractivity contribution is 6.31. The summed E-state index contributed by atoms with van der Waals surface area (Å²) in [5.74, 6) is -0.254. The SMILES string of the molecule is Cc1ccc(NC(=O)C2(C(N)=NO)CCCCC2)cc1Cl. The summed E-state index contributed by atoms with van der Waals surface area (Å²) in [4.78, 5) is 12.7. The van der Waals surface area contributed by atoms with Crippen LogP contribution in [-0.4, -0.2) is 17.0 Å². The van der Waals surface area contributed by atoms with Gasteiger partial charge in [0.1, 0.15) is 5.41 Å². The van der Waals surface area contributed by atoms with Crippen LogP contribution >= 0.6 is 11.6 Å². The highest BCUT2D eigenvalue weighted by atomic mass is 35.5. The Labute approximate surface area is 129 Å². The monoisotopic (exact) mass is 309 g/mol. The molecule has 0 aliphatic heterocycles. The van der Waals surface area contributed by atoms with Crippen molar-refractivity contribution in [2.24, 2.45) is 16.3 Å². The van der Waals surface area contributed by atoms with Gasteiger partial charge in [0, 0.05) is 10.7 Å². The molecule has 1 saturated carbocycles. The average Bonchev–Trinajstić information content (AvgIpc) is 2.50. The summed E-state index contributed by atoms with van der Waals surface area (Å²) in [7, 11) is 0. The zero-order valence-corrected chi connectivity index (χ0v) is 12.8. The molecule has 2 rings (SSSR count). The first-order chi connectivity index (χ1) is 9.99. The van der Waals surface area contributed by atoms with Crippen molar-refractivity contribution in [1.29, 1.82) is 0 Å². The lowest BCUT2D eigenvalue weighted by Crippen LogP contribution is -2.48. The van der Waals surface area contributed by atoms with E-state index in [0.29, 0.717) is 23.6 Å². The summed E-state index contributed by atoms with van der Waals surface area (Å²) in [6.07, 6.45) is 4.02. The lowest BCUT2D eigenvalue weighted by Gasteiger charge is -2.34. The van der Waals surface area contributed by atoms with Crippen molar-refractivity contribution in [3.8, 4) is 0 Å². The minimum atomic E-state index is -0.926. The summed E-state index contributed by atoms with van der Waals surface area (Å²) in [6.45, 7) is 1.90. The van der Waals surface area contributed by atoms with Crippen LogP contribution < -0.4 is 11.1 Å². The van der Waals surface area contributed by atoms with Crippen molar-refractivity contribution in [2.75, 3.05) is 5.32 Å². The quantitative estimate of drug-likeness (QED) is 0.346. The summed E-state index contributed by atoms with van der Waals surface area (Å²) in [5.41, 5.74) is 6.44. The second-order valence-corrected chi connectivity index (χ2v) is 5.95. The van der Waals surface area contributed by atoms with Crippen LogP contribution in [-0.2, 0) is 4.79 Å². The molecule has 1 fully saturated rings. The minimum Gasteiger partial charge on any atom is -0.409 e. The molecule has 0 unspecified atom stereocenters. The van der Waals surface area contributed by atoms with E-state index in [1.807, 2.05) is 13.0 Å². The molecule has 0 bridgehead atoms. The topological polar surface area (TPSA) is 87.7 Å². The van der Waals surface area contributed by atoms with E-state index in [-0.39, 0.29) is 11.7 Å². The van der Waals surface area contributed by atoms with E-state index >= 15 is 0 Å². The molecule has 114 valence electrons. The number of carbonyl (C=O) groups excluding carboxylic acids is 1. The standard InChI is InChI=1S/C15H20ClN3O2/c1-10-5-6-11(9-12(10)16)18-14(20)15(13(17)19-21)7-3-2-4-8-15/h5-6,9,21H,2-4,7-8H2,1H3,(H2,17,19)(H,18,20). The Morgan fingerprint density at radius 1 is 1.38 bits per heavy atom. The number of nitrogens with zero attached hydrogens (tertiary/aromatic N) is 1. The van der Waals surface area contributed by atoms with Gasteiger partial charge in [-0.1, -0.05) is 42.1 Å². The van der Waals surface area contributed by atoms with E-state index in [4.69, 9.17) is 22.5 Å². The number of aryl methyl sites for hydroxylation is 1. The summed E-state index contributed by atoms with van der Waals surface area (Å²) in [6, 6.07) is 5.34. The second kappa shape index (κ2) is 6.35. The molecule has 1 amide bonds. The first kappa shape index (κ1) is 15.6. The molecule has 1 aromatic rings. The van der Waals surface area contributed by atoms with Crippen LogP contribution in [0.4, 0.5) is 5.69 Å². The van der Waals surface area contributed by atoms with E-state index < -0.39 is 5.41 Å². The number of rotatable bonds is 3. The Bertz CT molecular complexity index is 566. The zero-order valence-electron chi connectivity index (χ0n) is 12.0. The van der Waals surface area contributed by atoms with Crippen molar-refractivity contribution in [3.63, 3.8) is 0 Å². The lowest BCUT2D eigenvalue weighted by molar-refractivity contribution is -0.123.